The zero-order chi connectivity index (χ0) is 16.9. The van der Waals surface area contributed by atoms with E-state index >= 15 is 0 Å². The molecule has 2 heterocycles. The molecule has 1 fully saturated rings. The van der Waals surface area contributed by atoms with Crippen LogP contribution in [0.2, 0.25) is 0 Å². The van der Waals surface area contributed by atoms with E-state index in [-0.39, 0.29) is 11.8 Å². The summed E-state index contributed by atoms with van der Waals surface area (Å²) in [7, 11) is 0. The Morgan fingerprint density at radius 3 is 2.58 bits per heavy atom. The van der Waals surface area contributed by atoms with Crippen molar-refractivity contribution in [3.8, 4) is 0 Å². The number of piperidine rings is 1. The summed E-state index contributed by atoms with van der Waals surface area (Å²) >= 11 is 0. The third-order valence-electron chi connectivity index (χ3n) is 4.63. The Kier molecular flexibility index (Phi) is 5.08. The van der Waals surface area contributed by atoms with Crippen molar-refractivity contribution in [1.29, 1.82) is 0 Å². The van der Waals surface area contributed by atoms with Crippen molar-refractivity contribution in [2.75, 3.05) is 23.3 Å². The molecular weight excluding hydrogens is 300 g/mol. The van der Waals surface area contributed by atoms with Crippen molar-refractivity contribution in [3.63, 3.8) is 0 Å². The van der Waals surface area contributed by atoms with E-state index in [2.05, 4.69) is 33.4 Å². The molecule has 0 radical (unpaired) electrons. The van der Waals surface area contributed by atoms with Crippen LogP contribution in [0, 0.1) is 12.8 Å². The van der Waals surface area contributed by atoms with Crippen molar-refractivity contribution in [2.45, 2.75) is 33.1 Å². The standard InChI is InChI=1S/C19H24N4O/c1-3-15-6-4-5-7-17(15)20-19(24)16-10-12-23(13-11-16)18-9-8-14(2)21-22-18/h4-9,16H,3,10-13H2,1-2H3,(H,20,24). The highest BCUT2D eigenvalue weighted by Crippen LogP contribution is 2.24. The average Bonchev–Trinajstić information content (AvgIpc) is 2.63. The van der Waals surface area contributed by atoms with Gasteiger partial charge in [0.2, 0.25) is 5.91 Å². The number of nitrogens with zero attached hydrogens (tertiary/aromatic N) is 3. The summed E-state index contributed by atoms with van der Waals surface area (Å²) in [6.45, 7) is 5.71. The van der Waals surface area contributed by atoms with Gasteiger partial charge in [0.15, 0.2) is 5.82 Å². The van der Waals surface area contributed by atoms with Crippen LogP contribution in [0.5, 0.6) is 0 Å². The van der Waals surface area contributed by atoms with E-state index in [4.69, 9.17) is 0 Å². The van der Waals surface area contributed by atoms with Crippen LogP contribution >= 0.6 is 0 Å². The van der Waals surface area contributed by atoms with Gasteiger partial charge in [0.05, 0.1) is 5.69 Å². The topological polar surface area (TPSA) is 58.1 Å². The first-order chi connectivity index (χ1) is 11.7. The highest BCUT2D eigenvalue weighted by molar-refractivity contribution is 5.93. The Labute approximate surface area is 143 Å². The Balaban J connectivity index is 1.58. The minimum absolute atomic E-state index is 0.0598. The van der Waals surface area contributed by atoms with Crippen LogP contribution in [0.4, 0.5) is 11.5 Å². The molecule has 0 saturated carbocycles. The van der Waals surface area contributed by atoms with E-state index in [1.54, 1.807) is 0 Å². The molecule has 1 aromatic heterocycles. The van der Waals surface area contributed by atoms with Gasteiger partial charge in [0.25, 0.3) is 0 Å². The number of anilines is 2. The van der Waals surface area contributed by atoms with Gasteiger partial charge in [0, 0.05) is 24.7 Å². The summed E-state index contributed by atoms with van der Waals surface area (Å²) in [6, 6.07) is 12.0. The molecule has 126 valence electrons. The van der Waals surface area contributed by atoms with Gasteiger partial charge in [-0.1, -0.05) is 25.1 Å². The first kappa shape index (κ1) is 16.4. The molecule has 1 saturated heterocycles. The second-order valence-corrected chi connectivity index (χ2v) is 6.29. The van der Waals surface area contributed by atoms with Gasteiger partial charge in [-0.15, -0.1) is 5.10 Å². The second-order valence-electron chi connectivity index (χ2n) is 6.29. The summed E-state index contributed by atoms with van der Waals surface area (Å²) in [5.41, 5.74) is 3.04. The van der Waals surface area contributed by atoms with Gasteiger partial charge in [-0.05, 0) is 49.9 Å². The molecule has 0 atom stereocenters. The molecule has 5 nitrogen and oxygen atoms in total. The molecule has 1 aliphatic heterocycles. The molecule has 5 heteroatoms. The fourth-order valence-corrected chi connectivity index (χ4v) is 3.12. The van der Waals surface area contributed by atoms with E-state index in [1.807, 2.05) is 37.3 Å². The number of hydrogen-bond acceptors (Lipinski definition) is 4. The van der Waals surface area contributed by atoms with E-state index in [0.29, 0.717) is 0 Å². The number of carbonyl (C=O) groups excluding carboxylic acids is 1. The SMILES string of the molecule is CCc1ccccc1NC(=O)C1CCN(c2ccc(C)nn2)CC1. The molecule has 1 N–H and O–H groups in total. The van der Waals surface area contributed by atoms with Gasteiger partial charge >= 0.3 is 0 Å². The number of aromatic nitrogens is 2. The number of nitrogens with one attached hydrogen (secondary N) is 1. The van der Waals surface area contributed by atoms with Crippen LogP contribution in [0.15, 0.2) is 36.4 Å². The number of hydrogen-bond donors (Lipinski definition) is 1. The third kappa shape index (κ3) is 3.72. The lowest BCUT2D eigenvalue weighted by atomic mass is 9.95. The van der Waals surface area contributed by atoms with Gasteiger partial charge < -0.3 is 10.2 Å². The van der Waals surface area contributed by atoms with Crippen molar-refractivity contribution in [3.05, 3.63) is 47.7 Å². The average molecular weight is 324 g/mol. The third-order valence-corrected chi connectivity index (χ3v) is 4.63. The smallest absolute Gasteiger partial charge is 0.227 e. The zero-order valence-corrected chi connectivity index (χ0v) is 14.3. The first-order valence-corrected chi connectivity index (χ1v) is 8.61. The predicted octanol–water partition coefficient (Wildman–Crippen LogP) is 3.20. The normalized spacial score (nSPS) is 15.3. The number of aryl methyl sites for hydroxylation is 2. The Bertz CT molecular complexity index is 691. The summed E-state index contributed by atoms with van der Waals surface area (Å²) < 4.78 is 0. The molecule has 0 aliphatic carbocycles. The molecule has 1 amide bonds. The molecular formula is C19H24N4O. The van der Waals surface area contributed by atoms with E-state index in [9.17, 15) is 4.79 Å². The zero-order valence-electron chi connectivity index (χ0n) is 14.3. The van der Waals surface area contributed by atoms with Crippen LogP contribution in [0.25, 0.3) is 0 Å². The molecule has 24 heavy (non-hydrogen) atoms. The maximum absolute atomic E-state index is 12.6. The minimum Gasteiger partial charge on any atom is -0.355 e. The van der Waals surface area contributed by atoms with Crippen molar-refractivity contribution in [1.82, 2.24) is 10.2 Å². The van der Waals surface area contributed by atoms with Crippen molar-refractivity contribution >= 4 is 17.4 Å². The van der Waals surface area contributed by atoms with Crippen LogP contribution in [0.3, 0.4) is 0 Å². The maximum Gasteiger partial charge on any atom is 0.227 e. The highest BCUT2D eigenvalue weighted by atomic mass is 16.1. The number of amides is 1. The predicted molar refractivity (Wildman–Crippen MR) is 96.2 cm³/mol. The molecule has 1 aliphatic rings. The summed E-state index contributed by atoms with van der Waals surface area (Å²) in [4.78, 5) is 14.8. The monoisotopic (exact) mass is 324 g/mol. The van der Waals surface area contributed by atoms with Crippen LogP contribution in [-0.2, 0) is 11.2 Å². The lowest BCUT2D eigenvalue weighted by Gasteiger charge is -2.32. The Morgan fingerprint density at radius 2 is 1.92 bits per heavy atom. The minimum atomic E-state index is 0.0598. The van der Waals surface area contributed by atoms with Crippen molar-refractivity contribution in [2.24, 2.45) is 5.92 Å². The van der Waals surface area contributed by atoms with E-state index in [1.165, 1.54) is 5.56 Å². The molecule has 0 unspecified atom stereocenters. The first-order valence-electron chi connectivity index (χ1n) is 8.61. The van der Waals surface area contributed by atoms with Crippen LogP contribution in [0.1, 0.15) is 31.0 Å². The van der Waals surface area contributed by atoms with Gasteiger partial charge in [-0.3, -0.25) is 4.79 Å². The fraction of sp³-hybridized carbons (Fsp3) is 0.421. The molecule has 3 rings (SSSR count). The lowest BCUT2D eigenvalue weighted by molar-refractivity contribution is -0.120. The van der Waals surface area contributed by atoms with Crippen LogP contribution in [-0.4, -0.2) is 29.2 Å². The summed E-state index contributed by atoms with van der Waals surface area (Å²) in [5.74, 6) is 1.09. The summed E-state index contributed by atoms with van der Waals surface area (Å²) in [5, 5.41) is 11.5. The van der Waals surface area contributed by atoms with E-state index < -0.39 is 0 Å². The van der Waals surface area contributed by atoms with Gasteiger partial charge in [-0.25, -0.2) is 0 Å². The molecule has 1 aromatic carbocycles. The lowest BCUT2D eigenvalue weighted by Crippen LogP contribution is -2.38. The van der Waals surface area contributed by atoms with Crippen molar-refractivity contribution < 1.29 is 4.79 Å². The Morgan fingerprint density at radius 1 is 1.17 bits per heavy atom. The molecule has 2 aromatic rings. The number of para-hydroxylation sites is 1. The fourth-order valence-electron chi connectivity index (χ4n) is 3.12. The van der Waals surface area contributed by atoms with Crippen LogP contribution < -0.4 is 10.2 Å². The van der Waals surface area contributed by atoms with E-state index in [0.717, 1.165) is 49.6 Å². The molecule has 0 spiro atoms. The summed E-state index contributed by atoms with van der Waals surface area (Å²) in [6.07, 6.45) is 2.60. The highest BCUT2D eigenvalue weighted by Gasteiger charge is 2.26. The number of rotatable bonds is 4. The number of carbonyl (C=O) groups is 1. The second kappa shape index (κ2) is 7.43. The maximum atomic E-state index is 12.6. The largest absolute Gasteiger partial charge is 0.355 e. The quantitative estimate of drug-likeness (QED) is 0.938. The Hall–Kier alpha value is -2.43. The van der Waals surface area contributed by atoms with Gasteiger partial charge in [-0.2, -0.15) is 5.10 Å². The number of benzene rings is 1. The van der Waals surface area contributed by atoms with Gasteiger partial charge in [0.1, 0.15) is 0 Å². The molecule has 0 bridgehead atoms.